The number of amides is 1. The minimum atomic E-state index is -1.09. The summed E-state index contributed by atoms with van der Waals surface area (Å²) in [5.41, 5.74) is 0. The summed E-state index contributed by atoms with van der Waals surface area (Å²) < 4.78 is 0.888. The summed E-state index contributed by atoms with van der Waals surface area (Å²) in [5, 5.41) is 8.69. The summed E-state index contributed by atoms with van der Waals surface area (Å²) in [7, 11) is 0. The summed E-state index contributed by atoms with van der Waals surface area (Å²) >= 11 is 13.2. The van der Waals surface area contributed by atoms with Crippen LogP contribution in [0.1, 0.15) is 4.88 Å². The number of carbonyl (C=O) groups is 2. The summed E-state index contributed by atoms with van der Waals surface area (Å²) in [6.45, 7) is -0.410. The third-order valence-electron chi connectivity index (χ3n) is 2.03. The number of nitrogens with zero attached hydrogens (tertiary/aromatic N) is 1. The van der Waals surface area contributed by atoms with Crippen molar-refractivity contribution in [3.63, 3.8) is 0 Å². The van der Waals surface area contributed by atoms with Gasteiger partial charge in [0.2, 0.25) is 0 Å². The van der Waals surface area contributed by atoms with Crippen LogP contribution in [0, 0.1) is 0 Å². The largest absolute Gasteiger partial charge is 0.480 e. The maximum absolute atomic E-state index is 11.9. The monoisotopic (exact) mass is 319 g/mol. The maximum atomic E-state index is 11.9. The van der Waals surface area contributed by atoms with Gasteiger partial charge in [0, 0.05) is 4.88 Å². The second kappa shape index (κ2) is 5.40. The van der Waals surface area contributed by atoms with Gasteiger partial charge in [-0.1, -0.05) is 35.6 Å². The number of thiophene rings is 1. The Balaban J connectivity index is 2.22. The van der Waals surface area contributed by atoms with Crippen LogP contribution in [0.25, 0.3) is 6.08 Å². The average Bonchev–Trinajstić information content (AvgIpc) is 2.78. The number of thiocarbonyl (C=S) groups is 1. The molecule has 0 aromatic carbocycles. The Kier molecular flexibility index (Phi) is 4.06. The van der Waals surface area contributed by atoms with Crippen molar-refractivity contribution in [1.29, 1.82) is 0 Å². The van der Waals surface area contributed by atoms with E-state index in [1.54, 1.807) is 18.2 Å². The van der Waals surface area contributed by atoms with Crippen molar-refractivity contribution in [2.75, 3.05) is 6.54 Å². The molecule has 0 unspecified atom stereocenters. The number of carbonyl (C=O) groups excluding carboxylic acids is 1. The first kappa shape index (κ1) is 13.5. The minimum absolute atomic E-state index is 0.260. The maximum Gasteiger partial charge on any atom is 0.323 e. The van der Waals surface area contributed by atoms with Crippen LogP contribution in [-0.4, -0.2) is 32.7 Å². The Morgan fingerprint density at radius 2 is 2.28 bits per heavy atom. The fourth-order valence-corrected chi connectivity index (χ4v) is 3.63. The van der Waals surface area contributed by atoms with Crippen LogP contribution in [0.15, 0.2) is 17.0 Å². The van der Waals surface area contributed by atoms with E-state index in [2.05, 4.69) is 0 Å². The zero-order valence-corrected chi connectivity index (χ0v) is 12.0. The Morgan fingerprint density at radius 3 is 2.83 bits per heavy atom. The number of rotatable bonds is 3. The number of halogens is 1. The van der Waals surface area contributed by atoms with Gasteiger partial charge >= 0.3 is 5.97 Å². The second-order valence-electron chi connectivity index (χ2n) is 3.30. The lowest BCUT2D eigenvalue weighted by molar-refractivity contribution is -0.140. The fourth-order valence-electron chi connectivity index (χ4n) is 1.31. The van der Waals surface area contributed by atoms with Crippen molar-refractivity contribution in [2.45, 2.75) is 0 Å². The van der Waals surface area contributed by atoms with Crippen LogP contribution < -0.4 is 0 Å². The molecule has 0 radical (unpaired) electrons. The number of hydrogen-bond acceptors (Lipinski definition) is 5. The number of aliphatic carboxylic acids is 1. The minimum Gasteiger partial charge on any atom is -0.480 e. The summed E-state index contributed by atoms with van der Waals surface area (Å²) in [6, 6.07) is 3.52. The first-order valence-electron chi connectivity index (χ1n) is 4.70. The molecule has 0 atom stereocenters. The van der Waals surface area contributed by atoms with Gasteiger partial charge in [-0.2, -0.15) is 0 Å². The molecule has 1 fully saturated rings. The van der Waals surface area contributed by atoms with Gasteiger partial charge in [0.25, 0.3) is 5.91 Å². The SMILES string of the molecule is O=C(O)CN1C(=O)/C(=C/c2ccc(Cl)s2)SC1=S. The number of hydrogen-bond donors (Lipinski definition) is 1. The van der Waals surface area contributed by atoms with Crippen molar-refractivity contribution in [2.24, 2.45) is 0 Å². The van der Waals surface area contributed by atoms with Crippen LogP contribution >= 0.6 is 46.9 Å². The highest BCUT2D eigenvalue weighted by Gasteiger charge is 2.33. The van der Waals surface area contributed by atoms with Crippen molar-refractivity contribution >= 4 is 69.2 Å². The lowest BCUT2D eigenvalue weighted by Crippen LogP contribution is -2.33. The topological polar surface area (TPSA) is 57.6 Å². The molecule has 0 bridgehead atoms. The quantitative estimate of drug-likeness (QED) is 0.685. The highest BCUT2D eigenvalue weighted by molar-refractivity contribution is 8.26. The van der Waals surface area contributed by atoms with Crippen molar-refractivity contribution < 1.29 is 14.7 Å². The molecule has 1 aromatic heterocycles. The predicted octanol–water partition coefficient (Wildman–Crippen LogP) is 2.69. The first-order chi connectivity index (χ1) is 8.47. The first-order valence-corrected chi connectivity index (χ1v) is 7.12. The predicted molar refractivity (Wildman–Crippen MR) is 76.8 cm³/mol. The normalized spacial score (nSPS) is 17.8. The van der Waals surface area contributed by atoms with Crippen molar-refractivity contribution in [3.05, 3.63) is 26.3 Å². The molecule has 18 heavy (non-hydrogen) atoms. The molecule has 1 saturated heterocycles. The Hall–Kier alpha value is -0.890. The molecule has 1 aliphatic rings. The van der Waals surface area contributed by atoms with E-state index in [-0.39, 0.29) is 10.2 Å². The van der Waals surface area contributed by atoms with Gasteiger partial charge in [0.05, 0.1) is 9.24 Å². The molecule has 0 saturated carbocycles. The van der Waals surface area contributed by atoms with E-state index in [4.69, 9.17) is 28.9 Å². The van der Waals surface area contributed by atoms with Gasteiger partial charge in [-0.05, 0) is 18.2 Å². The third-order valence-corrected chi connectivity index (χ3v) is 4.59. The second-order valence-corrected chi connectivity index (χ2v) is 6.73. The molecule has 1 aliphatic heterocycles. The van der Waals surface area contributed by atoms with Crippen LogP contribution in [0.2, 0.25) is 4.34 Å². The van der Waals surface area contributed by atoms with Gasteiger partial charge in [-0.25, -0.2) is 0 Å². The zero-order chi connectivity index (χ0) is 13.3. The lowest BCUT2D eigenvalue weighted by atomic mass is 10.4. The third kappa shape index (κ3) is 2.92. The van der Waals surface area contributed by atoms with Gasteiger partial charge < -0.3 is 5.11 Å². The zero-order valence-electron chi connectivity index (χ0n) is 8.75. The Morgan fingerprint density at radius 1 is 1.56 bits per heavy atom. The van der Waals surface area contributed by atoms with E-state index in [1.807, 2.05) is 0 Å². The molecule has 4 nitrogen and oxygen atoms in total. The summed E-state index contributed by atoms with van der Waals surface area (Å²) in [4.78, 5) is 24.9. The molecule has 2 rings (SSSR count). The van der Waals surface area contributed by atoms with Crippen LogP contribution in [0.4, 0.5) is 0 Å². The van der Waals surface area contributed by atoms with Crippen LogP contribution in [0.3, 0.4) is 0 Å². The van der Waals surface area contributed by atoms with Crippen LogP contribution in [0.5, 0.6) is 0 Å². The molecule has 94 valence electrons. The van der Waals surface area contributed by atoms with E-state index in [0.29, 0.717) is 9.24 Å². The molecule has 1 amide bonds. The highest BCUT2D eigenvalue weighted by atomic mass is 35.5. The highest BCUT2D eigenvalue weighted by Crippen LogP contribution is 2.34. The number of carboxylic acid groups (broad SMARTS) is 1. The molecule has 1 aromatic rings. The smallest absolute Gasteiger partial charge is 0.323 e. The lowest BCUT2D eigenvalue weighted by Gasteiger charge is -2.09. The summed E-state index contributed by atoms with van der Waals surface area (Å²) in [6.07, 6.45) is 1.66. The Bertz CT molecular complexity index is 566. The van der Waals surface area contributed by atoms with Crippen molar-refractivity contribution in [1.82, 2.24) is 4.90 Å². The van der Waals surface area contributed by atoms with Gasteiger partial charge in [0.15, 0.2) is 0 Å². The standard InChI is InChI=1S/C10H6ClNO3S3/c11-7-2-1-5(17-7)3-6-9(15)12(4-8(13)14)10(16)18-6/h1-3H,4H2,(H,13,14)/b6-3-. The van der Waals surface area contributed by atoms with E-state index in [9.17, 15) is 9.59 Å². The average molecular weight is 320 g/mol. The van der Waals surface area contributed by atoms with E-state index >= 15 is 0 Å². The molecule has 0 spiro atoms. The summed E-state index contributed by atoms with van der Waals surface area (Å²) in [5.74, 6) is -1.47. The molecule has 0 aliphatic carbocycles. The van der Waals surface area contributed by atoms with Gasteiger partial charge in [0.1, 0.15) is 10.9 Å². The molecular formula is C10H6ClNO3S3. The Labute approximate surface area is 121 Å². The van der Waals surface area contributed by atoms with Gasteiger partial charge in [-0.15, -0.1) is 11.3 Å². The molecule has 2 heterocycles. The van der Waals surface area contributed by atoms with Crippen LogP contribution in [-0.2, 0) is 9.59 Å². The fraction of sp³-hybridized carbons (Fsp3) is 0.100. The number of thioether (sulfide) groups is 1. The van der Waals surface area contributed by atoms with E-state index in [1.165, 1.54) is 11.3 Å². The van der Waals surface area contributed by atoms with Crippen molar-refractivity contribution in [3.8, 4) is 0 Å². The van der Waals surface area contributed by atoms with E-state index < -0.39 is 12.5 Å². The number of carboxylic acids is 1. The molecule has 8 heteroatoms. The molecular weight excluding hydrogens is 314 g/mol. The van der Waals surface area contributed by atoms with E-state index in [0.717, 1.165) is 21.5 Å². The van der Waals surface area contributed by atoms with Gasteiger partial charge in [-0.3, -0.25) is 14.5 Å². The molecule has 1 N–H and O–H groups in total.